The zero-order chi connectivity index (χ0) is 46.0. The predicted octanol–water partition coefficient (Wildman–Crippen LogP) is 3.34. The van der Waals surface area contributed by atoms with Gasteiger partial charge in [0.1, 0.15) is 11.4 Å². The van der Waals surface area contributed by atoms with E-state index in [1.807, 2.05) is 9.80 Å². The molecule has 20 nitrogen and oxygen atoms in total. The van der Waals surface area contributed by atoms with E-state index in [2.05, 4.69) is 36.3 Å². The Morgan fingerprint density at radius 2 is 1.17 bits per heavy atom. The maximum atomic E-state index is 13.1. The first-order valence-electron chi connectivity index (χ1n) is 19.0. The minimum atomic E-state index is -4.47. The number of aryl methyl sites for hydroxylation is 2. The lowest BCUT2D eigenvalue weighted by molar-refractivity contribution is -0.133. The van der Waals surface area contributed by atoms with E-state index in [1.54, 1.807) is 38.6 Å². The molecule has 4 aliphatic rings. The topological polar surface area (TPSA) is 247 Å². The molecule has 0 aromatic carbocycles. The number of carbonyl (C=O) groups is 4. The Morgan fingerprint density at radius 3 is 1.59 bits per heavy atom. The van der Waals surface area contributed by atoms with E-state index in [1.165, 1.54) is 43.5 Å². The number of nitrogens with one attached hydrogen (secondary N) is 2. The summed E-state index contributed by atoms with van der Waals surface area (Å²) in [7, 11) is 3.14. The van der Waals surface area contributed by atoms with Crippen LogP contribution in [0.2, 0.25) is 0 Å². The first kappa shape index (κ1) is 45.4. The van der Waals surface area contributed by atoms with Crippen LogP contribution in [0.5, 0.6) is 0 Å². The second-order valence-electron chi connectivity index (χ2n) is 14.5. The van der Waals surface area contributed by atoms with Gasteiger partial charge in [0.15, 0.2) is 23.2 Å². The molecule has 5 N–H and O–H groups in total. The number of rotatable bonds is 6. The van der Waals surface area contributed by atoms with E-state index < -0.39 is 61.1 Å². The highest BCUT2D eigenvalue weighted by Crippen LogP contribution is 2.40. The summed E-state index contributed by atoms with van der Waals surface area (Å²) in [6.07, 6.45) is -3.42. The van der Waals surface area contributed by atoms with Crippen molar-refractivity contribution in [2.45, 2.75) is 50.1 Å². The van der Waals surface area contributed by atoms with Crippen LogP contribution in [0.3, 0.4) is 0 Å². The average molecular weight is 892 g/mol. The van der Waals surface area contributed by atoms with Gasteiger partial charge in [-0.05, 0) is 37.1 Å². The summed E-state index contributed by atoms with van der Waals surface area (Å²) in [5, 5.41) is 14.4. The normalized spacial score (nSPS) is 17.1. The molecule has 2 fully saturated rings. The van der Waals surface area contributed by atoms with Gasteiger partial charge in [-0.15, -0.1) is 0 Å². The zero-order valence-electron chi connectivity index (χ0n) is 33.4. The first-order chi connectivity index (χ1) is 29.6. The number of aromatic carboxylic acids is 1. The Balaban J connectivity index is 0.000000188. The molecule has 0 radical (unpaired) electrons. The SMILES string of the molecule is Cn1cccc(NC(=O)N2c3nc(C(=O)CCC(F)(F)F)ncc3N3CC[C@H]2C3)c1=O.Cn1cccc(NC(=O)N2c3nc(C(=O)O)ncc3N3CC[C@H]2C3)c1=O.NCC(F)(F)F. The van der Waals surface area contributed by atoms with E-state index in [0.29, 0.717) is 37.4 Å². The second kappa shape index (κ2) is 18.1. The van der Waals surface area contributed by atoms with Gasteiger partial charge in [-0.3, -0.25) is 24.2 Å². The monoisotopic (exact) mass is 891 g/mol. The Morgan fingerprint density at radius 1 is 0.746 bits per heavy atom. The minimum Gasteiger partial charge on any atom is -0.475 e. The third kappa shape index (κ3) is 10.3. The van der Waals surface area contributed by atoms with Gasteiger partial charge >= 0.3 is 30.4 Å². The molecule has 4 aromatic heterocycles. The van der Waals surface area contributed by atoms with Crippen LogP contribution in [0, 0.1) is 0 Å². The molecule has 4 bridgehead atoms. The van der Waals surface area contributed by atoms with Gasteiger partial charge in [0.05, 0.1) is 48.8 Å². The molecule has 26 heteroatoms. The number of alkyl halides is 6. The van der Waals surface area contributed by atoms with E-state index in [-0.39, 0.29) is 52.3 Å². The number of amides is 4. The molecular weight excluding hydrogens is 852 g/mol. The lowest BCUT2D eigenvalue weighted by Crippen LogP contribution is -2.49. The number of nitrogens with zero attached hydrogens (tertiary/aromatic N) is 10. The summed E-state index contributed by atoms with van der Waals surface area (Å²) in [4.78, 5) is 96.6. The molecule has 4 aliphatic heterocycles. The third-order valence-electron chi connectivity index (χ3n) is 10.2. The zero-order valence-corrected chi connectivity index (χ0v) is 33.4. The number of nitrogens with two attached hydrogens (primary N) is 1. The summed E-state index contributed by atoms with van der Waals surface area (Å²) in [6, 6.07) is 4.73. The van der Waals surface area contributed by atoms with Crippen LogP contribution in [0.4, 0.5) is 70.3 Å². The number of carboxylic acid groups (broad SMARTS) is 1. The van der Waals surface area contributed by atoms with Crippen LogP contribution in [0.15, 0.2) is 58.6 Å². The van der Waals surface area contributed by atoms with Crippen molar-refractivity contribution in [3.63, 3.8) is 0 Å². The highest BCUT2D eigenvalue weighted by molar-refractivity contribution is 6.06. The molecule has 4 amide bonds. The smallest absolute Gasteiger partial charge is 0.400 e. The van der Waals surface area contributed by atoms with Crippen LogP contribution < -0.4 is 47.1 Å². The number of hydrogen-bond donors (Lipinski definition) is 4. The van der Waals surface area contributed by atoms with E-state index in [9.17, 15) is 55.1 Å². The van der Waals surface area contributed by atoms with Crippen molar-refractivity contribution < 1.29 is 50.6 Å². The van der Waals surface area contributed by atoms with E-state index in [4.69, 9.17) is 5.11 Å². The molecule has 8 heterocycles. The molecule has 8 rings (SSSR count). The lowest BCUT2D eigenvalue weighted by atomic mass is 10.2. The van der Waals surface area contributed by atoms with Crippen molar-refractivity contribution in [1.29, 1.82) is 0 Å². The van der Waals surface area contributed by atoms with Gasteiger partial charge in [0.2, 0.25) is 5.82 Å². The molecule has 0 saturated carbocycles. The molecule has 63 heavy (non-hydrogen) atoms. The first-order valence-corrected chi connectivity index (χ1v) is 19.0. The second-order valence-corrected chi connectivity index (χ2v) is 14.5. The number of fused-ring (bicyclic) bond motifs is 8. The number of Topliss-reactive ketones (excluding diaryl/α,β-unsaturated/α-hetero) is 1. The average Bonchev–Trinajstić information content (AvgIpc) is 3.85. The molecule has 0 aliphatic carbocycles. The summed E-state index contributed by atoms with van der Waals surface area (Å²) in [5.74, 6) is -2.48. The number of urea groups is 2. The molecule has 2 atom stereocenters. The van der Waals surface area contributed by atoms with Crippen LogP contribution in [0.25, 0.3) is 0 Å². The van der Waals surface area contributed by atoms with Crippen LogP contribution in [-0.2, 0) is 14.1 Å². The molecule has 2 saturated heterocycles. The fraction of sp³-hybridized carbons (Fsp3) is 0.405. The number of carbonyl (C=O) groups excluding carboxylic acids is 3. The number of anilines is 6. The van der Waals surface area contributed by atoms with Gasteiger partial charge in [-0.1, -0.05) is 0 Å². The Labute approximate surface area is 351 Å². The van der Waals surface area contributed by atoms with E-state index in [0.717, 1.165) is 13.0 Å². The number of carboxylic acids is 1. The quantitative estimate of drug-likeness (QED) is 0.160. The van der Waals surface area contributed by atoms with Crippen LogP contribution in [-0.4, -0.2) is 115 Å². The van der Waals surface area contributed by atoms with Gasteiger partial charge in [0, 0.05) is 59.1 Å². The van der Waals surface area contributed by atoms with Crippen molar-refractivity contribution in [2.75, 3.05) is 63.0 Å². The van der Waals surface area contributed by atoms with Crippen LogP contribution in [0.1, 0.15) is 46.9 Å². The predicted molar refractivity (Wildman–Crippen MR) is 213 cm³/mol. The fourth-order valence-corrected chi connectivity index (χ4v) is 7.09. The number of ketones is 1. The van der Waals surface area contributed by atoms with Gasteiger partial charge in [-0.2, -0.15) is 26.3 Å². The molecule has 0 unspecified atom stereocenters. The van der Waals surface area contributed by atoms with Crippen molar-refractivity contribution in [3.05, 3.63) is 81.4 Å². The summed E-state index contributed by atoms with van der Waals surface area (Å²) in [6.45, 7) is 1.28. The fourth-order valence-electron chi connectivity index (χ4n) is 7.09. The number of halogens is 6. The number of hydrogen-bond acceptors (Lipinski definition) is 13. The van der Waals surface area contributed by atoms with Gasteiger partial charge in [0.25, 0.3) is 11.1 Å². The van der Waals surface area contributed by atoms with Crippen molar-refractivity contribution in [3.8, 4) is 0 Å². The summed E-state index contributed by atoms with van der Waals surface area (Å²) in [5.41, 5.74) is 4.80. The van der Waals surface area contributed by atoms with E-state index >= 15 is 0 Å². The van der Waals surface area contributed by atoms with Crippen LogP contribution >= 0.6 is 0 Å². The Bertz CT molecular complexity index is 2530. The number of aromatic nitrogens is 6. The maximum absolute atomic E-state index is 13.1. The number of pyridine rings is 2. The summed E-state index contributed by atoms with van der Waals surface area (Å²) >= 11 is 0. The summed E-state index contributed by atoms with van der Waals surface area (Å²) < 4.78 is 72.0. The lowest BCUT2D eigenvalue weighted by Gasteiger charge is -2.35. The van der Waals surface area contributed by atoms with Crippen molar-refractivity contribution in [2.24, 2.45) is 19.8 Å². The maximum Gasteiger partial charge on any atom is 0.400 e. The highest BCUT2D eigenvalue weighted by Gasteiger charge is 2.43. The Hall–Kier alpha value is -7.12. The molecule has 336 valence electrons. The van der Waals surface area contributed by atoms with Gasteiger partial charge < -0.3 is 40.4 Å². The molecule has 0 spiro atoms. The Kier molecular flexibility index (Phi) is 13.0. The van der Waals surface area contributed by atoms with Gasteiger partial charge in [-0.25, -0.2) is 34.3 Å². The highest BCUT2D eigenvalue weighted by atomic mass is 19.4. The third-order valence-corrected chi connectivity index (χ3v) is 10.2. The molecule has 4 aromatic rings. The molecular formula is C37H39F6N13O7. The minimum absolute atomic E-state index is 0.0764. The largest absolute Gasteiger partial charge is 0.475 e. The van der Waals surface area contributed by atoms with Crippen molar-refractivity contribution >= 4 is 58.2 Å². The van der Waals surface area contributed by atoms with Crippen molar-refractivity contribution in [1.82, 2.24) is 29.1 Å². The standard InChI is InChI=1S/C19H19F3N6O3.C16H16N6O4.C2H4F3N/c1-26-7-2-3-12(17(26)30)24-18(31)28-11-5-8-27(10-11)13-9-23-15(25-16(13)28)14(29)4-6-19(20,21)22;1-20-5-2-3-10(14(20)23)18-16(26)22-9-4-6-21(8-9)11-7-17-12(15(24)25)19-13(11)22;3-2(4,5)1-6/h2-3,7,9,11H,4-6,8,10H2,1H3,(H,24,31);2-3,5,7,9H,4,6,8H2,1H3,(H,18,26)(H,24,25);1,6H2/t11-;9-;/m00./s1.